The van der Waals surface area contributed by atoms with Gasteiger partial charge in [0.25, 0.3) is 5.91 Å². The van der Waals surface area contributed by atoms with Crippen LogP contribution >= 0.6 is 0 Å². The van der Waals surface area contributed by atoms with Gasteiger partial charge in [0, 0.05) is 25.8 Å². The smallest absolute Gasteiger partial charge is 0.268 e. The van der Waals surface area contributed by atoms with Crippen LogP contribution < -0.4 is 19.5 Å². The van der Waals surface area contributed by atoms with E-state index in [2.05, 4.69) is 5.32 Å². The minimum absolute atomic E-state index is 0.0807. The number of para-hydroxylation sites is 2. The molecule has 2 aromatic rings. The fourth-order valence-corrected chi connectivity index (χ4v) is 4.96. The molecule has 8 heteroatoms. The summed E-state index contributed by atoms with van der Waals surface area (Å²) in [6, 6.07) is 13.9. The van der Waals surface area contributed by atoms with Gasteiger partial charge in [0.15, 0.2) is 11.5 Å². The van der Waals surface area contributed by atoms with Crippen molar-refractivity contribution in [2.24, 2.45) is 0 Å². The molecule has 2 aromatic carbocycles. The van der Waals surface area contributed by atoms with Crippen LogP contribution in [0.25, 0.3) is 0 Å². The molecule has 1 aliphatic heterocycles. The number of rotatable bonds is 11. The maximum absolute atomic E-state index is 14.0. The first kappa shape index (κ1) is 26.8. The van der Waals surface area contributed by atoms with E-state index in [1.807, 2.05) is 49.4 Å². The number of benzene rings is 2. The van der Waals surface area contributed by atoms with Crippen molar-refractivity contribution >= 4 is 11.8 Å². The molecule has 1 fully saturated rings. The summed E-state index contributed by atoms with van der Waals surface area (Å²) in [7, 11) is 1.60. The number of amides is 2. The third-order valence-corrected chi connectivity index (χ3v) is 6.90. The van der Waals surface area contributed by atoms with Gasteiger partial charge in [-0.05, 0) is 56.0 Å². The third-order valence-electron chi connectivity index (χ3n) is 6.90. The quantitative estimate of drug-likeness (QED) is 0.454. The van der Waals surface area contributed by atoms with Crippen LogP contribution in [0.2, 0.25) is 0 Å². The summed E-state index contributed by atoms with van der Waals surface area (Å²) in [5, 5.41) is 3.23. The Hall–Kier alpha value is -3.26. The molecule has 0 unspecified atom stereocenters. The van der Waals surface area contributed by atoms with E-state index >= 15 is 0 Å². The van der Waals surface area contributed by atoms with Crippen LogP contribution in [-0.4, -0.2) is 62.3 Å². The second kappa shape index (κ2) is 13.3. The Bertz CT molecular complexity index is 1020. The highest BCUT2D eigenvalue weighted by Crippen LogP contribution is 2.33. The first-order valence-corrected chi connectivity index (χ1v) is 13.3. The van der Waals surface area contributed by atoms with E-state index in [0.29, 0.717) is 43.4 Å². The number of hydrogen-bond acceptors (Lipinski definition) is 6. The number of methoxy groups -OCH3 is 1. The topological polar surface area (TPSA) is 86.3 Å². The predicted octanol–water partition coefficient (Wildman–Crippen LogP) is 4.28. The van der Waals surface area contributed by atoms with Crippen LogP contribution in [0.4, 0.5) is 0 Å². The summed E-state index contributed by atoms with van der Waals surface area (Å²) >= 11 is 0. The van der Waals surface area contributed by atoms with Gasteiger partial charge >= 0.3 is 0 Å². The molecule has 200 valence electrons. The monoisotopic (exact) mass is 510 g/mol. The van der Waals surface area contributed by atoms with E-state index in [0.717, 1.165) is 31.2 Å². The van der Waals surface area contributed by atoms with Crippen molar-refractivity contribution < 1.29 is 28.5 Å². The Morgan fingerprint density at radius 3 is 2.49 bits per heavy atom. The molecule has 2 aliphatic rings. The first-order chi connectivity index (χ1) is 18.1. The van der Waals surface area contributed by atoms with Crippen LogP contribution in [0.1, 0.15) is 57.1 Å². The van der Waals surface area contributed by atoms with Gasteiger partial charge in [-0.2, -0.15) is 0 Å². The summed E-state index contributed by atoms with van der Waals surface area (Å²) in [6.45, 7) is 3.44. The van der Waals surface area contributed by atoms with E-state index in [1.165, 1.54) is 6.42 Å². The van der Waals surface area contributed by atoms with Crippen molar-refractivity contribution in [2.45, 2.75) is 63.6 Å². The minimum Gasteiger partial charge on any atom is -0.497 e. The molecule has 1 heterocycles. The van der Waals surface area contributed by atoms with Gasteiger partial charge in [-0.25, -0.2) is 0 Å². The minimum atomic E-state index is -0.856. The largest absolute Gasteiger partial charge is 0.497 e. The zero-order valence-corrected chi connectivity index (χ0v) is 21.8. The van der Waals surface area contributed by atoms with E-state index in [9.17, 15) is 9.59 Å². The summed E-state index contributed by atoms with van der Waals surface area (Å²) in [6.07, 6.45) is 5.03. The normalized spacial score (nSPS) is 18.1. The van der Waals surface area contributed by atoms with E-state index in [1.54, 1.807) is 18.1 Å². The van der Waals surface area contributed by atoms with E-state index in [4.69, 9.17) is 18.9 Å². The third kappa shape index (κ3) is 6.95. The molecule has 0 saturated heterocycles. The molecular weight excluding hydrogens is 472 g/mol. The highest BCUT2D eigenvalue weighted by Gasteiger charge is 2.38. The maximum atomic E-state index is 14.0. The van der Waals surface area contributed by atoms with Crippen molar-refractivity contribution in [3.8, 4) is 17.2 Å². The Morgan fingerprint density at radius 2 is 1.78 bits per heavy atom. The molecule has 0 radical (unpaired) electrons. The lowest BCUT2D eigenvalue weighted by molar-refractivity contribution is -0.149. The SMILES string of the molecule is CCOCCCN(C(=O)[C@H]1COc2ccccc2O1)[C@H](C(=O)NC1CCCCC1)c1ccc(OC)cc1. The molecule has 1 aliphatic carbocycles. The van der Waals surface area contributed by atoms with Crippen molar-refractivity contribution in [3.05, 3.63) is 54.1 Å². The van der Waals surface area contributed by atoms with Crippen LogP contribution in [0, 0.1) is 0 Å². The molecule has 0 spiro atoms. The zero-order chi connectivity index (χ0) is 26.0. The molecule has 4 rings (SSSR count). The Balaban J connectivity index is 1.62. The summed E-state index contributed by atoms with van der Waals surface area (Å²) < 4.78 is 22.8. The fraction of sp³-hybridized carbons (Fsp3) is 0.517. The lowest BCUT2D eigenvalue weighted by Gasteiger charge is -2.36. The van der Waals surface area contributed by atoms with Crippen LogP contribution in [0.15, 0.2) is 48.5 Å². The fourth-order valence-electron chi connectivity index (χ4n) is 4.96. The van der Waals surface area contributed by atoms with Crippen LogP contribution in [0.3, 0.4) is 0 Å². The molecule has 37 heavy (non-hydrogen) atoms. The number of fused-ring (bicyclic) bond motifs is 1. The summed E-state index contributed by atoms with van der Waals surface area (Å²) in [4.78, 5) is 29.5. The van der Waals surface area contributed by atoms with Gasteiger partial charge in [0.05, 0.1) is 7.11 Å². The van der Waals surface area contributed by atoms with Crippen molar-refractivity contribution in [1.82, 2.24) is 10.2 Å². The van der Waals surface area contributed by atoms with Crippen molar-refractivity contribution in [1.29, 1.82) is 0 Å². The highest BCUT2D eigenvalue weighted by atomic mass is 16.6. The number of carbonyl (C=O) groups excluding carboxylic acids is 2. The standard InChI is InChI=1S/C29H38N2O6/c1-3-35-19-9-18-31(29(33)26-20-36-24-12-7-8-13-25(24)37-26)27(21-14-16-23(34-2)17-15-21)28(32)30-22-10-5-4-6-11-22/h7-8,12-17,22,26-27H,3-6,9-11,18-20H2,1-2H3,(H,30,32)/t26-,27+/m1/s1. The lowest BCUT2D eigenvalue weighted by atomic mass is 9.94. The van der Waals surface area contributed by atoms with Gasteiger partial charge in [-0.15, -0.1) is 0 Å². The number of hydrogen-bond donors (Lipinski definition) is 1. The molecular formula is C29H38N2O6. The molecule has 2 atom stereocenters. The average molecular weight is 511 g/mol. The van der Waals surface area contributed by atoms with Crippen molar-refractivity contribution in [2.75, 3.05) is 33.5 Å². The Labute approximate surface area is 219 Å². The van der Waals surface area contributed by atoms with E-state index in [-0.39, 0.29) is 24.5 Å². The predicted molar refractivity (Wildman–Crippen MR) is 140 cm³/mol. The number of nitrogens with zero attached hydrogens (tertiary/aromatic N) is 1. The van der Waals surface area contributed by atoms with Crippen LogP contribution in [-0.2, 0) is 14.3 Å². The molecule has 1 saturated carbocycles. The number of carbonyl (C=O) groups is 2. The second-order valence-corrected chi connectivity index (χ2v) is 9.47. The Morgan fingerprint density at radius 1 is 1.05 bits per heavy atom. The molecule has 1 N–H and O–H groups in total. The molecule has 8 nitrogen and oxygen atoms in total. The van der Waals surface area contributed by atoms with Gasteiger partial charge < -0.3 is 29.2 Å². The first-order valence-electron chi connectivity index (χ1n) is 13.3. The molecule has 0 bridgehead atoms. The molecule has 0 aromatic heterocycles. The van der Waals surface area contributed by atoms with Crippen molar-refractivity contribution in [3.63, 3.8) is 0 Å². The Kier molecular flexibility index (Phi) is 9.65. The number of ether oxygens (including phenoxy) is 4. The summed E-state index contributed by atoms with van der Waals surface area (Å²) in [5.74, 6) is 1.35. The highest BCUT2D eigenvalue weighted by molar-refractivity contribution is 5.91. The molecule has 2 amide bonds. The van der Waals surface area contributed by atoms with Crippen LogP contribution in [0.5, 0.6) is 17.2 Å². The van der Waals surface area contributed by atoms with Gasteiger partial charge in [-0.3, -0.25) is 9.59 Å². The maximum Gasteiger partial charge on any atom is 0.268 e. The summed E-state index contributed by atoms with van der Waals surface area (Å²) in [5.41, 5.74) is 0.719. The van der Waals surface area contributed by atoms with E-state index < -0.39 is 12.1 Å². The number of nitrogens with one attached hydrogen (secondary N) is 1. The van der Waals surface area contributed by atoms with Gasteiger partial charge in [0.1, 0.15) is 18.4 Å². The second-order valence-electron chi connectivity index (χ2n) is 9.47. The zero-order valence-electron chi connectivity index (χ0n) is 21.8. The van der Waals surface area contributed by atoms with Gasteiger partial charge in [0.2, 0.25) is 12.0 Å². The van der Waals surface area contributed by atoms with Gasteiger partial charge in [-0.1, -0.05) is 43.5 Å². The average Bonchev–Trinajstić information content (AvgIpc) is 2.94. The lowest BCUT2D eigenvalue weighted by Crippen LogP contribution is -2.52.